The third-order valence-corrected chi connectivity index (χ3v) is 3.28. The van der Waals surface area contributed by atoms with Crippen molar-refractivity contribution in [3.05, 3.63) is 23.9 Å². The first-order valence-electron chi connectivity index (χ1n) is 6.25. The number of pyridine rings is 1. The number of nitrogen functional groups attached to an aromatic ring is 1. The van der Waals surface area contributed by atoms with E-state index in [1.165, 1.54) is 5.56 Å². The van der Waals surface area contributed by atoms with E-state index in [4.69, 9.17) is 10.5 Å². The molecule has 4 heteroatoms. The lowest BCUT2D eigenvalue weighted by atomic mass is 10.1. The Morgan fingerprint density at radius 3 is 3.12 bits per heavy atom. The van der Waals surface area contributed by atoms with Crippen LogP contribution < -0.4 is 5.73 Å². The Balaban J connectivity index is 2.04. The summed E-state index contributed by atoms with van der Waals surface area (Å²) in [5, 5.41) is 0. The van der Waals surface area contributed by atoms with Crippen LogP contribution in [0.15, 0.2) is 18.3 Å². The van der Waals surface area contributed by atoms with E-state index in [9.17, 15) is 0 Å². The molecule has 2 N–H and O–H groups in total. The van der Waals surface area contributed by atoms with Crippen LogP contribution in [-0.2, 0) is 11.3 Å². The van der Waals surface area contributed by atoms with Gasteiger partial charge in [-0.3, -0.25) is 4.90 Å². The first-order valence-corrected chi connectivity index (χ1v) is 6.25. The Morgan fingerprint density at radius 1 is 1.59 bits per heavy atom. The molecule has 94 valence electrons. The van der Waals surface area contributed by atoms with Gasteiger partial charge < -0.3 is 10.5 Å². The van der Waals surface area contributed by atoms with Gasteiger partial charge >= 0.3 is 0 Å². The molecule has 0 aromatic carbocycles. The molecule has 1 saturated heterocycles. The van der Waals surface area contributed by atoms with Crippen LogP contribution in [0.1, 0.15) is 25.8 Å². The fraction of sp³-hybridized carbons (Fsp3) is 0.615. The van der Waals surface area contributed by atoms with E-state index in [0.717, 1.165) is 26.1 Å². The third kappa shape index (κ3) is 3.17. The number of nitrogens with two attached hydrogens (primary N) is 1. The van der Waals surface area contributed by atoms with Gasteiger partial charge in [0.2, 0.25) is 0 Å². The number of morpholine rings is 1. The summed E-state index contributed by atoms with van der Waals surface area (Å²) in [4.78, 5) is 6.50. The number of ether oxygens (including phenoxy) is 1. The summed E-state index contributed by atoms with van der Waals surface area (Å²) >= 11 is 0. The van der Waals surface area contributed by atoms with Crippen LogP contribution in [0.3, 0.4) is 0 Å². The third-order valence-electron chi connectivity index (χ3n) is 3.28. The molecular weight excluding hydrogens is 214 g/mol. The van der Waals surface area contributed by atoms with Crippen molar-refractivity contribution in [1.29, 1.82) is 0 Å². The molecule has 2 heterocycles. The van der Waals surface area contributed by atoms with Crippen molar-refractivity contribution in [3.8, 4) is 0 Å². The fourth-order valence-electron chi connectivity index (χ4n) is 2.31. The maximum absolute atomic E-state index is 5.70. The molecule has 2 atom stereocenters. The maximum atomic E-state index is 5.70. The molecule has 0 aliphatic carbocycles. The van der Waals surface area contributed by atoms with Crippen molar-refractivity contribution in [3.63, 3.8) is 0 Å². The van der Waals surface area contributed by atoms with Crippen molar-refractivity contribution in [2.24, 2.45) is 0 Å². The second-order valence-corrected chi connectivity index (χ2v) is 4.72. The number of hydrogen-bond acceptors (Lipinski definition) is 4. The second-order valence-electron chi connectivity index (χ2n) is 4.72. The Morgan fingerprint density at radius 2 is 2.41 bits per heavy atom. The van der Waals surface area contributed by atoms with Gasteiger partial charge in [0.25, 0.3) is 0 Å². The predicted molar refractivity (Wildman–Crippen MR) is 68.6 cm³/mol. The molecule has 1 aliphatic heterocycles. The smallest absolute Gasteiger partial charge is 0.123 e. The van der Waals surface area contributed by atoms with E-state index in [2.05, 4.69) is 23.7 Å². The number of anilines is 1. The summed E-state index contributed by atoms with van der Waals surface area (Å²) in [5.41, 5.74) is 6.93. The van der Waals surface area contributed by atoms with E-state index in [1.807, 2.05) is 12.1 Å². The molecule has 1 aliphatic rings. The topological polar surface area (TPSA) is 51.4 Å². The van der Waals surface area contributed by atoms with Crippen LogP contribution >= 0.6 is 0 Å². The zero-order chi connectivity index (χ0) is 12.3. The predicted octanol–water partition coefficient (Wildman–Crippen LogP) is 1.66. The molecule has 0 radical (unpaired) electrons. The van der Waals surface area contributed by atoms with E-state index >= 15 is 0 Å². The molecule has 1 fully saturated rings. The largest absolute Gasteiger partial charge is 0.384 e. The van der Waals surface area contributed by atoms with E-state index in [1.54, 1.807) is 6.20 Å². The van der Waals surface area contributed by atoms with Crippen LogP contribution in [-0.4, -0.2) is 35.2 Å². The highest BCUT2D eigenvalue weighted by atomic mass is 16.5. The molecule has 0 spiro atoms. The average Bonchev–Trinajstić information content (AvgIpc) is 2.29. The van der Waals surface area contributed by atoms with Gasteiger partial charge in [0.15, 0.2) is 0 Å². The lowest BCUT2D eigenvalue weighted by molar-refractivity contribution is -0.0592. The molecule has 0 amide bonds. The Hall–Kier alpha value is -1.13. The van der Waals surface area contributed by atoms with Crippen LogP contribution in [0.4, 0.5) is 5.82 Å². The highest BCUT2D eigenvalue weighted by Gasteiger charge is 2.25. The summed E-state index contributed by atoms with van der Waals surface area (Å²) in [6, 6.07) is 4.50. The van der Waals surface area contributed by atoms with Gasteiger partial charge in [-0.2, -0.15) is 0 Å². The minimum Gasteiger partial charge on any atom is -0.384 e. The van der Waals surface area contributed by atoms with Crippen molar-refractivity contribution < 1.29 is 4.74 Å². The Kier molecular flexibility index (Phi) is 3.97. The van der Waals surface area contributed by atoms with Gasteiger partial charge in [-0.25, -0.2) is 4.98 Å². The highest BCUT2D eigenvalue weighted by molar-refractivity contribution is 5.31. The van der Waals surface area contributed by atoms with E-state index in [-0.39, 0.29) is 0 Å². The van der Waals surface area contributed by atoms with Crippen molar-refractivity contribution >= 4 is 5.82 Å². The minimum atomic E-state index is 0.317. The van der Waals surface area contributed by atoms with Gasteiger partial charge in [0, 0.05) is 25.3 Å². The monoisotopic (exact) mass is 235 g/mol. The Labute approximate surface area is 103 Å². The van der Waals surface area contributed by atoms with Gasteiger partial charge in [-0.15, -0.1) is 0 Å². The van der Waals surface area contributed by atoms with Gasteiger partial charge in [-0.1, -0.05) is 6.92 Å². The molecule has 1 aromatic heterocycles. The molecule has 1 aromatic rings. The number of hydrogen-bond donors (Lipinski definition) is 1. The molecular formula is C13H21N3O. The lowest BCUT2D eigenvalue weighted by Gasteiger charge is -2.38. The molecule has 17 heavy (non-hydrogen) atoms. The molecule has 0 bridgehead atoms. The number of aromatic nitrogens is 1. The minimum absolute atomic E-state index is 0.317. The lowest BCUT2D eigenvalue weighted by Crippen LogP contribution is -2.47. The SMILES string of the molecule is CCC1COC(C)CN1Cc1ccnc(N)c1. The van der Waals surface area contributed by atoms with Crippen molar-refractivity contribution in [1.82, 2.24) is 9.88 Å². The highest BCUT2D eigenvalue weighted by Crippen LogP contribution is 2.18. The molecule has 2 rings (SSSR count). The first-order chi connectivity index (χ1) is 8.19. The Bertz CT molecular complexity index is 369. The number of nitrogens with zero attached hydrogens (tertiary/aromatic N) is 2. The second kappa shape index (κ2) is 5.47. The van der Waals surface area contributed by atoms with Crippen LogP contribution in [0.2, 0.25) is 0 Å². The zero-order valence-corrected chi connectivity index (χ0v) is 10.6. The fourth-order valence-corrected chi connectivity index (χ4v) is 2.31. The van der Waals surface area contributed by atoms with Crippen LogP contribution in [0.5, 0.6) is 0 Å². The van der Waals surface area contributed by atoms with Crippen LogP contribution in [0, 0.1) is 0 Å². The molecule has 2 unspecified atom stereocenters. The van der Waals surface area contributed by atoms with E-state index < -0.39 is 0 Å². The summed E-state index contributed by atoms with van der Waals surface area (Å²) in [6.07, 6.45) is 3.21. The molecule has 4 nitrogen and oxygen atoms in total. The van der Waals surface area contributed by atoms with Gasteiger partial charge in [-0.05, 0) is 31.0 Å². The summed E-state index contributed by atoms with van der Waals surface area (Å²) in [6.45, 7) is 7.08. The summed E-state index contributed by atoms with van der Waals surface area (Å²) in [5.74, 6) is 0.594. The summed E-state index contributed by atoms with van der Waals surface area (Å²) in [7, 11) is 0. The zero-order valence-electron chi connectivity index (χ0n) is 10.6. The van der Waals surface area contributed by atoms with E-state index in [0.29, 0.717) is 18.0 Å². The van der Waals surface area contributed by atoms with Crippen molar-refractivity contribution in [2.75, 3.05) is 18.9 Å². The number of rotatable bonds is 3. The van der Waals surface area contributed by atoms with Crippen LogP contribution in [0.25, 0.3) is 0 Å². The maximum Gasteiger partial charge on any atom is 0.123 e. The van der Waals surface area contributed by atoms with Gasteiger partial charge in [0.1, 0.15) is 5.82 Å². The normalized spacial score (nSPS) is 26.0. The van der Waals surface area contributed by atoms with Gasteiger partial charge in [0.05, 0.1) is 12.7 Å². The average molecular weight is 235 g/mol. The van der Waals surface area contributed by atoms with Crippen molar-refractivity contribution in [2.45, 2.75) is 39.0 Å². The quantitative estimate of drug-likeness (QED) is 0.865. The standard InChI is InChI=1S/C13H21N3O/c1-3-12-9-17-10(2)7-16(12)8-11-4-5-15-13(14)6-11/h4-6,10,12H,3,7-9H2,1-2H3,(H2,14,15). The molecule has 0 saturated carbocycles. The first kappa shape index (κ1) is 12.3. The summed E-state index contributed by atoms with van der Waals surface area (Å²) < 4.78 is 5.69.